The average Bonchev–Trinajstić information content (AvgIpc) is 3.40. The van der Waals surface area contributed by atoms with Gasteiger partial charge in [0.25, 0.3) is 0 Å². The van der Waals surface area contributed by atoms with Gasteiger partial charge in [0.1, 0.15) is 5.82 Å². The van der Waals surface area contributed by atoms with Crippen LogP contribution >= 0.6 is 0 Å². The van der Waals surface area contributed by atoms with Gasteiger partial charge in [0, 0.05) is 18.5 Å². The van der Waals surface area contributed by atoms with E-state index in [1.54, 1.807) is 44.2 Å². The number of halogens is 1. The van der Waals surface area contributed by atoms with Crippen molar-refractivity contribution in [1.29, 1.82) is 0 Å². The molecule has 2 aromatic carbocycles. The summed E-state index contributed by atoms with van der Waals surface area (Å²) in [7, 11) is -3.36. The Hall–Kier alpha value is -2.25. The second kappa shape index (κ2) is 8.41. The van der Waals surface area contributed by atoms with Crippen molar-refractivity contribution in [2.45, 2.75) is 44.5 Å². The van der Waals surface area contributed by atoms with Gasteiger partial charge >= 0.3 is 0 Å². The van der Waals surface area contributed by atoms with Gasteiger partial charge in [-0.3, -0.25) is 4.79 Å². The van der Waals surface area contributed by atoms with E-state index >= 15 is 0 Å². The molecule has 7 heteroatoms. The molecule has 2 unspecified atom stereocenters. The summed E-state index contributed by atoms with van der Waals surface area (Å²) in [5, 5.41) is 2.88. The van der Waals surface area contributed by atoms with Gasteiger partial charge in [0.15, 0.2) is 0 Å². The van der Waals surface area contributed by atoms with Gasteiger partial charge in [0.05, 0.1) is 5.75 Å². The van der Waals surface area contributed by atoms with Crippen LogP contribution in [0.1, 0.15) is 42.9 Å². The van der Waals surface area contributed by atoms with Crippen LogP contribution in [0.15, 0.2) is 48.5 Å². The van der Waals surface area contributed by atoms with E-state index in [9.17, 15) is 17.6 Å². The maximum absolute atomic E-state index is 13.8. The van der Waals surface area contributed by atoms with E-state index in [2.05, 4.69) is 10.0 Å². The van der Waals surface area contributed by atoms with E-state index in [0.717, 1.165) is 5.56 Å². The number of carbonyl (C=O) groups is 1. The number of hydrogen-bond acceptors (Lipinski definition) is 3. The van der Waals surface area contributed by atoms with Crippen LogP contribution in [-0.4, -0.2) is 20.4 Å². The molecule has 2 N–H and O–H groups in total. The molecule has 0 bridgehead atoms. The Morgan fingerprint density at radius 1 is 1.11 bits per heavy atom. The van der Waals surface area contributed by atoms with E-state index < -0.39 is 10.0 Å². The summed E-state index contributed by atoms with van der Waals surface area (Å²) in [6.45, 7) is 3.91. The maximum Gasteiger partial charge on any atom is 0.224 e. The molecule has 1 saturated carbocycles. The van der Waals surface area contributed by atoms with Crippen LogP contribution in [0.3, 0.4) is 0 Å². The van der Waals surface area contributed by atoms with Crippen molar-refractivity contribution < 1.29 is 17.6 Å². The molecule has 1 amide bonds. The quantitative estimate of drug-likeness (QED) is 0.710. The molecule has 3 rings (SSSR count). The monoisotopic (exact) mass is 404 g/mol. The Bertz CT molecular complexity index is 942. The number of rotatable bonds is 8. The standard InChI is InChI=1S/C21H25FN2O3S/c1-14(2)24-28(26,27)13-16-9-7-15(8-10-16)12-23-21(25)19-11-18(19)17-5-3-4-6-20(17)22/h3-10,14,18-19,24H,11-13H2,1-2H3,(H,23,25). The van der Waals surface area contributed by atoms with Crippen LogP contribution in [0, 0.1) is 11.7 Å². The average molecular weight is 405 g/mol. The van der Waals surface area contributed by atoms with Crippen molar-refractivity contribution in [3.63, 3.8) is 0 Å². The normalized spacial score (nSPS) is 18.9. The van der Waals surface area contributed by atoms with Gasteiger partial charge in [-0.2, -0.15) is 0 Å². The summed E-state index contributed by atoms with van der Waals surface area (Å²) in [4.78, 5) is 12.3. The molecule has 0 spiro atoms. The zero-order valence-corrected chi connectivity index (χ0v) is 16.8. The second-order valence-corrected chi connectivity index (χ2v) is 9.29. The predicted molar refractivity (Wildman–Crippen MR) is 106 cm³/mol. The molecule has 28 heavy (non-hydrogen) atoms. The first-order chi connectivity index (χ1) is 13.2. The summed E-state index contributed by atoms with van der Waals surface area (Å²) >= 11 is 0. The maximum atomic E-state index is 13.8. The highest BCUT2D eigenvalue weighted by Gasteiger charge is 2.44. The third kappa shape index (κ3) is 5.39. The fourth-order valence-electron chi connectivity index (χ4n) is 3.30. The SMILES string of the molecule is CC(C)NS(=O)(=O)Cc1ccc(CNC(=O)C2CC2c2ccccc2F)cc1. The zero-order chi connectivity index (χ0) is 20.3. The molecular formula is C21H25FN2O3S. The molecule has 0 heterocycles. The van der Waals surface area contributed by atoms with Gasteiger partial charge in [0.2, 0.25) is 15.9 Å². The molecule has 0 radical (unpaired) electrons. The number of benzene rings is 2. The molecule has 150 valence electrons. The molecule has 1 aliphatic rings. The minimum absolute atomic E-state index is 0.0535. The predicted octanol–water partition coefficient (Wildman–Crippen LogP) is 3.07. The number of carbonyl (C=O) groups excluding carboxylic acids is 1. The molecule has 2 aromatic rings. The third-order valence-corrected chi connectivity index (χ3v) is 6.24. The number of hydrogen-bond donors (Lipinski definition) is 2. The fraction of sp³-hybridized carbons (Fsp3) is 0.381. The summed E-state index contributed by atoms with van der Waals surface area (Å²) in [5.74, 6) is -0.670. The topological polar surface area (TPSA) is 75.3 Å². The van der Waals surface area contributed by atoms with Crippen molar-refractivity contribution >= 4 is 15.9 Å². The molecule has 2 atom stereocenters. The first-order valence-electron chi connectivity index (χ1n) is 9.35. The van der Waals surface area contributed by atoms with Crippen LogP contribution in [0.25, 0.3) is 0 Å². The highest BCUT2D eigenvalue weighted by Crippen LogP contribution is 2.48. The Morgan fingerprint density at radius 3 is 2.39 bits per heavy atom. The van der Waals surface area contributed by atoms with Crippen molar-refractivity contribution in [3.05, 3.63) is 71.0 Å². The molecule has 5 nitrogen and oxygen atoms in total. The molecule has 1 aliphatic carbocycles. The molecule has 0 saturated heterocycles. The molecule has 0 aliphatic heterocycles. The number of nitrogens with one attached hydrogen (secondary N) is 2. The van der Waals surface area contributed by atoms with Gasteiger partial charge in [-0.1, -0.05) is 42.5 Å². The van der Waals surface area contributed by atoms with E-state index in [1.807, 2.05) is 12.1 Å². The highest BCUT2D eigenvalue weighted by atomic mass is 32.2. The number of sulfonamides is 1. The lowest BCUT2D eigenvalue weighted by atomic mass is 10.1. The lowest BCUT2D eigenvalue weighted by Gasteiger charge is -2.10. The van der Waals surface area contributed by atoms with Crippen molar-refractivity contribution in [1.82, 2.24) is 10.0 Å². The van der Waals surface area contributed by atoms with E-state index in [-0.39, 0.29) is 35.4 Å². The van der Waals surface area contributed by atoms with Gasteiger partial charge in [-0.05, 0) is 48.9 Å². The second-order valence-electron chi connectivity index (χ2n) is 7.54. The van der Waals surface area contributed by atoms with E-state index in [0.29, 0.717) is 24.1 Å². The van der Waals surface area contributed by atoms with Crippen LogP contribution in [0.2, 0.25) is 0 Å². The van der Waals surface area contributed by atoms with Gasteiger partial charge in [-0.15, -0.1) is 0 Å². The highest BCUT2D eigenvalue weighted by molar-refractivity contribution is 7.88. The van der Waals surface area contributed by atoms with Crippen LogP contribution in [0.5, 0.6) is 0 Å². The third-order valence-electron chi connectivity index (χ3n) is 4.69. The minimum atomic E-state index is -3.36. The van der Waals surface area contributed by atoms with Gasteiger partial charge in [-0.25, -0.2) is 17.5 Å². The Morgan fingerprint density at radius 2 is 1.75 bits per heavy atom. The summed E-state index contributed by atoms with van der Waals surface area (Å²) in [6, 6.07) is 13.5. The van der Waals surface area contributed by atoms with Crippen molar-refractivity contribution in [3.8, 4) is 0 Å². The molecule has 0 aromatic heterocycles. The van der Waals surface area contributed by atoms with Gasteiger partial charge < -0.3 is 5.32 Å². The van der Waals surface area contributed by atoms with Crippen LogP contribution in [0.4, 0.5) is 4.39 Å². The lowest BCUT2D eigenvalue weighted by molar-refractivity contribution is -0.122. The lowest BCUT2D eigenvalue weighted by Crippen LogP contribution is -2.31. The Balaban J connectivity index is 1.50. The summed E-state index contributed by atoms with van der Waals surface area (Å²) in [6.07, 6.45) is 0.659. The molecule has 1 fully saturated rings. The van der Waals surface area contributed by atoms with Crippen molar-refractivity contribution in [2.75, 3.05) is 0 Å². The zero-order valence-electron chi connectivity index (χ0n) is 16.0. The largest absolute Gasteiger partial charge is 0.352 e. The van der Waals surface area contributed by atoms with Crippen molar-refractivity contribution in [2.24, 2.45) is 5.92 Å². The minimum Gasteiger partial charge on any atom is -0.352 e. The summed E-state index contributed by atoms with van der Waals surface area (Å²) < 4.78 is 40.3. The van der Waals surface area contributed by atoms with Crippen LogP contribution < -0.4 is 10.0 Å². The Labute approximate surface area is 165 Å². The first-order valence-corrected chi connectivity index (χ1v) is 11.0. The first kappa shape index (κ1) is 20.5. The smallest absolute Gasteiger partial charge is 0.224 e. The fourth-order valence-corrected chi connectivity index (χ4v) is 4.73. The van der Waals surface area contributed by atoms with Crippen LogP contribution in [-0.2, 0) is 27.1 Å². The number of amides is 1. The molecular weight excluding hydrogens is 379 g/mol. The van der Waals surface area contributed by atoms with E-state index in [1.165, 1.54) is 6.07 Å². The Kier molecular flexibility index (Phi) is 6.15. The summed E-state index contributed by atoms with van der Waals surface area (Å²) in [5.41, 5.74) is 2.17. The van der Waals surface area contributed by atoms with E-state index in [4.69, 9.17) is 0 Å².